The maximum atomic E-state index is 13.5. The van der Waals surface area contributed by atoms with E-state index in [9.17, 15) is 4.39 Å². The molecule has 1 unspecified atom stereocenters. The van der Waals surface area contributed by atoms with Gasteiger partial charge in [-0.2, -0.15) is 0 Å². The third kappa shape index (κ3) is 7.50. The minimum Gasteiger partial charge on any atom is -0.486 e. The number of hydrogen-bond acceptors (Lipinski definition) is 2. The molecule has 4 nitrogen and oxygen atoms in total. The lowest BCUT2D eigenvalue weighted by Gasteiger charge is -2.20. The number of aliphatic imine (C=N–C) groups is 1. The van der Waals surface area contributed by atoms with Gasteiger partial charge in [-0.25, -0.2) is 4.39 Å². The van der Waals surface area contributed by atoms with E-state index in [1.807, 2.05) is 6.92 Å². The third-order valence-corrected chi connectivity index (χ3v) is 2.85. The van der Waals surface area contributed by atoms with Gasteiger partial charge in [-0.05, 0) is 25.0 Å². The lowest BCUT2D eigenvalue weighted by molar-refractivity contribution is 0.191. The number of ether oxygens (including phenoxy) is 1. The van der Waals surface area contributed by atoms with E-state index >= 15 is 0 Å². The van der Waals surface area contributed by atoms with Crippen LogP contribution in [0.3, 0.4) is 0 Å². The summed E-state index contributed by atoms with van der Waals surface area (Å²) in [7, 11) is 1.73. The average molecular weight is 409 g/mol. The van der Waals surface area contributed by atoms with E-state index in [0.717, 1.165) is 25.3 Å². The van der Waals surface area contributed by atoms with Crippen molar-refractivity contribution in [3.63, 3.8) is 0 Å². The molecule has 0 aromatic heterocycles. The van der Waals surface area contributed by atoms with Crippen LogP contribution in [0, 0.1) is 5.82 Å². The van der Waals surface area contributed by atoms with Gasteiger partial charge in [0, 0.05) is 13.6 Å². The lowest BCUT2D eigenvalue weighted by Crippen LogP contribution is -2.42. The summed E-state index contributed by atoms with van der Waals surface area (Å²) in [6.07, 6.45) is 1.71. The second-order valence-corrected chi connectivity index (χ2v) is 4.46. The summed E-state index contributed by atoms with van der Waals surface area (Å²) in [5.74, 6) is 0.694. The van der Waals surface area contributed by atoms with Crippen LogP contribution in [0.15, 0.2) is 29.3 Å². The highest BCUT2D eigenvalue weighted by atomic mass is 127. The molecule has 1 aromatic rings. The Balaban J connectivity index is 0.00000400. The van der Waals surface area contributed by atoms with Crippen LogP contribution >= 0.6 is 24.0 Å². The maximum Gasteiger partial charge on any atom is 0.191 e. The molecule has 120 valence electrons. The van der Waals surface area contributed by atoms with E-state index in [1.54, 1.807) is 25.2 Å². The molecule has 2 N–H and O–H groups in total. The van der Waals surface area contributed by atoms with Gasteiger partial charge in [0.15, 0.2) is 17.5 Å². The fourth-order valence-corrected chi connectivity index (χ4v) is 1.66. The number of hydrogen-bond donors (Lipinski definition) is 2. The van der Waals surface area contributed by atoms with Crippen molar-refractivity contribution in [1.82, 2.24) is 10.6 Å². The van der Waals surface area contributed by atoms with Crippen LogP contribution in [0.1, 0.15) is 26.7 Å². The van der Waals surface area contributed by atoms with Crippen molar-refractivity contribution in [2.75, 3.05) is 20.1 Å². The largest absolute Gasteiger partial charge is 0.486 e. The van der Waals surface area contributed by atoms with Crippen molar-refractivity contribution in [2.24, 2.45) is 4.99 Å². The topological polar surface area (TPSA) is 45.7 Å². The Labute approximate surface area is 143 Å². The van der Waals surface area contributed by atoms with Crippen LogP contribution in [0.5, 0.6) is 5.75 Å². The molecule has 0 bridgehead atoms. The SMILES string of the molecule is CCCNC(=NC)NCC(CC)Oc1ccccc1F.I. The second kappa shape index (κ2) is 11.6. The summed E-state index contributed by atoms with van der Waals surface area (Å²) >= 11 is 0. The Bertz CT molecular complexity index is 429. The van der Waals surface area contributed by atoms with Crippen molar-refractivity contribution in [3.05, 3.63) is 30.1 Å². The Kier molecular flexibility index (Phi) is 11.0. The molecule has 0 aliphatic heterocycles. The zero-order chi connectivity index (χ0) is 14.8. The smallest absolute Gasteiger partial charge is 0.191 e. The van der Waals surface area contributed by atoms with Gasteiger partial charge in [-0.3, -0.25) is 4.99 Å². The predicted molar refractivity (Wildman–Crippen MR) is 96.2 cm³/mol. The number of nitrogens with one attached hydrogen (secondary N) is 2. The summed E-state index contributed by atoms with van der Waals surface area (Å²) in [5, 5.41) is 6.37. The van der Waals surface area contributed by atoms with Crippen molar-refractivity contribution < 1.29 is 9.13 Å². The number of guanidine groups is 1. The van der Waals surface area contributed by atoms with E-state index in [-0.39, 0.29) is 41.6 Å². The quantitative estimate of drug-likeness (QED) is 0.413. The van der Waals surface area contributed by atoms with Crippen LogP contribution in [-0.4, -0.2) is 32.2 Å². The number of benzene rings is 1. The van der Waals surface area contributed by atoms with Crippen LogP contribution in [-0.2, 0) is 0 Å². The van der Waals surface area contributed by atoms with E-state index in [4.69, 9.17) is 4.74 Å². The zero-order valence-electron chi connectivity index (χ0n) is 12.9. The first kappa shape index (κ1) is 19.9. The molecule has 0 amide bonds. The van der Waals surface area contributed by atoms with Crippen molar-refractivity contribution in [3.8, 4) is 5.75 Å². The molecule has 0 fully saturated rings. The fourth-order valence-electron chi connectivity index (χ4n) is 1.66. The lowest BCUT2D eigenvalue weighted by atomic mass is 10.2. The van der Waals surface area contributed by atoms with Crippen molar-refractivity contribution in [2.45, 2.75) is 32.8 Å². The molecule has 1 aromatic carbocycles. The number of halogens is 2. The van der Waals surface area contributed by atoms with Crippen LogP contribution in [0.2, 0.25) is 0 Å². The highest BCUT2D eigenvalue weighted by molar-refractivity contribution is 14.0. The Morgan fingerprint density at radius 2 is 2.00 bits per heavy atom. The summed E-state index contributed by atoms with van der Waals surface area (Å²) in [5.41, 5.74) is 0. The van der Waals surface area contributed by atoms with Crippen molar-refractivity contribution >= 4 is 29.9 Å². The minimum absolute atomic E-state index is 0. The summed E-state index contributed by atoms with van der Waals surface area (Å²) in [4.78, 5) is 4.12. The Morgan fingerprint density at radius 3 is 2.57 bits per heavy atom. The van der Waals surface area contributed by atoms with Gasteiger partial charge in [0.25, 0.3) is 0 Å². The molecular formula is C15H25FIN3O. The Morgan fingerprint density at radius 1 is 1.29 bits per heavy atom. The number of rotatable bonds is 7. The second-order valence-electron chi connectivity index (χ2n) is 4.46. The molecule has 1 rings (SSSR count). The molecule has 0 aliphatic carbocycles. The summed E-state index contributed by atoms with van der Waals surface area (Å²) < 4.78 is 19.2. The van der Waals surface area contributed by atoms with Gasteiger partial charge in [0.05, 0.1) is 6.54 Å². The molecule has 6 heteroatoms. The van der Waals surface area contributed by atoms with Crippen molar-refractivity contribution in [1.29, 1.82) is 0 Å². The Hall–Kier alpha value is -1.05. The highest BCUT2D eigenvalue weighted by Gasteiger charge is 2.11. The molecule has 0 radical (unpaired) electrons. The number of nitrogens with zero attached hydrogens (tertiary/aromatic N) is 1. The summed E-state index contributed by atoms with van der Waals surface area (Å²) in [6, 6.07) is 6.46. The predicted octanol–water partition coefficient (Wildman–Crippen LogP) is 3.18. The van der Waals surface area contributed by atoms with Gasteiger partial charge in [0.1, 0.15) is 6.10 Å². The van der Waals surface area contributed by atoms with E-state index < -0.39 is 0 Å². The fraction of sp³-hybridized carbons (Fsp3) is 0.533. The standard InChI is InChI=1S/C15H24FN3O.HI/c1-4-10-18-15(17-3)19-11-12(5-2)20-14-9-7-6-8-13(14)16;/h6-9,12H,4-5,10-11H2,1-3H3,(H2,17,18,19);1H. The normalized spacial score (nSPS) is 12.3. The highest BCUT2D eigenvalue weighted by Crippen LogP contribution is 2.17. The van der Waals surface area contributed by atoms with Gasteiger partial charge < -0.3 is 15.4 Å². The molecule has 0 heterocycles. The first-order valence-corrected chi connectivity index (χ1v) is 7.06. The maximum absolute atomic E-state index is 13.5. The van der Waals surface area contributed by atoms with Crippen LogP contribution < -0.4 is 15.4 Å². The molecular weight excluding hydrogens is 384 g/mol. The average Bonchev–Trinajstić information content (AvgIpc) is 2.48. The van der Waals surface area contributed by atoms with Crippen LogP contribution in [0.25, 0.3) is 0 Å². The third-order valence-electron chi connectivity index (χ3n) is 2.85. The molecule has 21 heavy (non-hydrogen) atoms. The minimum atomic E-state index is -0.334. The van der Waals surface area contributed by atoms with Crippen LogP contribution in [0.4, 0.5) is 4.39 Å². The zero-order valence-corrected chi connectivity index (χ0v) is 15.2. The number of para-hydroxylation sites is 1. The summed E-state index contributed by atoms with van der Waals surface area (Å²) in [6.45, 7) is 5.55. The van der Waals surface area contributed by atoms with Gasteiger partial charge in [0.2, 0.25) is 0 Å². The molecule has 0 saturated heterocycles. The van der Waals surface area contributed by atoms with E-state index in [2.05, 4.69) is 22.5 Å². The molecule has 0 saturated carbocycles. The van der Waals surface area contributed by atoms with E-state index in [1.165, 1.54) is 6.07 Å². The molecule has 0 spiro atoms. The van der Waals surface area contributed by atoms with E-state index in [0.29, 0.717) is 6.54 Å². The van der Waals surface area contributed by atoms with Gasteiger partial charge >= 0.3 is 0 Å². The van der Waals surface area contributed by atoms with Gasteiger partial charge in [-0.15, -0.1) is 24.0 Å². The molecule has 0 aliphatic rings. The van der Waals surface area contributed by atoms with Gasteiger partial charge in [-0.1, -0.05) is 26.0 Å². The first-order chi connectivity index (χ1) is 9.71. The molecule has 1 atom stereocenters. The monoisotopic (exact) mass is 409 g/mol. The first-order valence-electron chi connectivity index (χ1n) is 7.06.